The van der Waals surface area contributed by atoms with Crippen LogP contribution in [-0.2, 0) is 26.1 Å². The Balaban J connectivity index is 0.863. The number of imide groups is 1. The first-order valence-corrected chi connectivity index (χ1v) is 37.9. The maximum atomic E-state index is 18.5. The van der Waals surface area contributed by atoms with E-state index in [4.69, 9.17) is 38.3 Å². The van der Waals surface area contributed by atoms with Crippen molar-refractivity contribution >= 4 is 72.8 Å². The van der Waals surface area contributed by atoms with Crippen LogP contribution in [-0.4, -0.2) is 145 Å². The van der Waals surface area contributed by atoms with Crippen molar-refractivity contribution in [3.63, 3.8) is 0 Å². The van der Waals surface area contributed by atoms with Gasteiger partial charge in [0.05, 0.1) is 46.3 Å². The number of aliphatic hydroxyl groups is 1. The number of β-amino-alcohol motifs (C(OH)–C–C–N with tert-alkyl or cyclic N) is 1. The molecule has 0 radical (unpaired) electrons. The zero-order valence-corrected chi connectivity index (χ0v) is 58.8. The maximum absolute atomic E-state index is 18.5. The summed E-state index contributed by atoms with van der Waals surface area (Å²) in [5.74, 6) is 2.79. The molecule has 3 amide bonds. The fraction of sp³-hybridized carbons (Fsp3) is 0.586. The molecule has 10 rings (SSSR count). The van der Waals surface area contributed by atoms with Gasteiger partial charge in [-0.3, -0.25) is 33.9 Å². The average Bonchev–Trinajstić information content (AvgIpc) is 1.00. The number of hydrogen-bond donors (Lipinski definition) is 3. The van der Waals surface area contributed by atoms with Gasteiger partial charge in [-0.15, -0.1) is 5.54 Å². The van der Waals surface area contributed by atoms with E-state index in [2.05, 4.69) is 110 Å². The third-order valence-electron chi connectivity index (χ3n) is 20.7. The number of ether oxygens (including phenoxy) is 4. The third kappa shape index (κ3) is 13.5. The lowest BCUT2D eigenvalue weighted by Gasteiger charge is -2.42. The lowest BCUT2D eigenvalue weighted by molar-refractivity contribution is -0.135. The first-order valence-electron chi connectivity index (χ1n) is 33.5. The topological polar surface area (TPSA) is 214 Å². The Labute approximate surface area is 547 Å². The molecule has 7 heterocycles. The summed E-state index contributed by atoms with van der Waals surface area (Å²) in [6.07, 6.45) is 5.88. The Kier molecular flexibility index (Phi) is 20.6. The number of piperidine rings is 2. The van der Waals surface area contributed by atoms with Crippen LogP contribution in [0.25, 0.3) is 44.0 Å². The standard InChI is InChI=1S/C70H95F2N9O10Si2/c1-42(2)92(43(3)4,44(5)6)34-24-52-55(71)19-17-48-35-51(91-93(45(7)8,46(9)10)47(11)12)36-53(60(48)52)62-61(72)63-54(38-74-62)64(79-29-15-25-69(13,86)40-79)77-66(76-63)90-41-70-26-16-30-80(70)49(23-27-70)39-89-67(84)73-28-31-87-32-33-88-50-18-20-56-58(37-50)78(14)68(85)81(56)57-21-22-59(82)75-65(57)83/h17-20,35-38,42-47,49,57,86H,15-16,21-23,25-33,39-41H2,1-14H3,(H,73,84)(H,75,82,83)/t49-,57?,69+,70-/m0/s1. The maximum Gasteiger partial charge on any atom is 0.407 e. The van der Waals surface area contributed by atoms with Crippen LogP contribution in [0.1, 0.15) is 153 Å². The van der Waals surface area contributed by atoms with E-state index in [1.807, 2.05) is 17.0 Å². The molecule has 0 aliphatic carbocycles. The van der Waals surface area contributed by atoms with E-state index >= 15 is 8.78 Å². The number of nitrogens with zero attached hydrogens (tertiary/aromatic N) is 7. The fourth-order valence-electron chi connectivity index (χ4n) is 16.3. The normalized spacial score (nSPS) is 20.7. The van der Waals surface area contributed by atoms with Crippen LogP contribution in [0, 0.1) is 23.1 Å². The molecule has 502 valence electrons. The minimum absolute atomic E-state index is 0.0244. The van der Waals surface area contributed by atoms with Crippen LogP contribution < -0.4 is 35.1 Å². The highest BCUT2D eigenvalue weighted by Gasteiger charge is 2.51. The van der Waals surface area contributed by atoms with Gasteiger partial charge in [0.1, 0.15) is 68.3 Å². The van der Waals surface area contributed by atoms with Crippen LogP contribution >= 0.6 is 0 Å². The number of carbonyl (C=O) groups excluding carboxylic acids is 3. The van der Waals surface area contributed by atoms with Crippen LogP contribution in [0.3, 0.4) is 0 Å². The average molecular weight is 1320 g/mol. The zero-order valence-electron chi connectivity index (χ0n) is 56.8. The zero-order chi connectivity index (χ0) is 67.1. The van der Waals surface area contributed by atoms with Gasteiger partial charge in [-0.1, -0.05) is 95.1 Å². The molecule has 3 aromatic carbocycles. The molecule has 3 N–H and O–H groups in total. The molecule has 1 unspecified atom stereocenters. The van der Waals surface area contributed by atoms with Crippen LogP contribution in [0.4, 0.5) is 19.4 Å². The Morgan fingerprint density at radius 1 is 0.828 bits per heavy atom. The number of rotatable bonds is 23. The van der Waals surface area contributed by atoms with Gasteiger partial charge in [-0.25, -0.2) is 18.4 Å². The number of halogens is 2. The number of carbonyl (C=O) groups is 3. The molecule has 6 aromatic rings. The van der Waals surface area contributed by atoms with E-state index in [1.54, 1.807) is 44.4 Å². The van der Waals surface area contributed by atoms with Crippen LogP contribution in [0.5, 0.6) is 17.5 Å². The van der Waals surface area contributed by atoms with Gasteiger partial charge < -0.3 is 38.7 Å². The molecule has 4 fully saturated rings. The Hall–Kier alpha value is -6.98. The lowest BCUT2D eigenvalue weighted by Crippen LogP contribution is -2.50. The van der Waals surface area contributed by atoms with Gasteiger partial charge in [0, 0.05) is 62.4 Å². The number of aryl methyl sites for hydroxylation is 1. The molecule has 0 bridgehead atoms. The second kappa shape index (κ2) is 27.8. The molecule has 23 heteroatoms. The van der Waals surface area contributed by atoms with Crippen LogP contribution in [0.2, 0.25) is 33.2 Å². The summed E-state index contributed by atoms with van der Waals surface area (Å²) >= 11 is 0. The summed E-state index contributed by atoms with van der Waals surface area (Å²) in [5, 5.41) is 18.0. The number of hydrogen-bond acceptors (Lipinski definition) is 15. The van der Waals surface area contributed by atoms with E-state index in [0.29, 0.717) is 69.5 Å². The summed E-state index contributed by atoms with van der Waals surface area (Å²) in [5.41, 5.74) is 5.05. The van der Waals surface area contributed by atoms with Gasteiger partial charge in [0.25, 0.3) is 8.32 Å². The van der Waals surface area contributed by atoms with Crippen molar-refractivity contribution in [3.8, 4) is 40.2 Å². The number of anilines is 1. The molecule has 19 nitrogen and oxygen atoms in total. The molecule has 3 aromatic heterocycles. The first-order chi connectivity index (χ1) is 44.1. The minimum atomic E-state index is -2.59. The summed E-state index contributed by atoms with van der Waals surface area (Å²) < 4.78 is 69.7. The van der Waals surface area contributed by atoms with Crippen molar-refractivity contribution in [2.45, 2.75) is 198 Å². The second-order valence-corrected chi connectivity index (χ2v) is 39.4. The molecular formula is C70H95F2N9O10Si2. The highest BCUT2D eigenvalue weighted by atomic mass is 28.4. The summed E-state index contributed by atoms with van der Waals surface area (Å²) in [4.78, 5) is 69.7. The Morgan fingerprint density at radius 2 is 1.55 bits per heavy atom. The monoisotopic (exact) mass is 1320 g/mol. The molecule has 0 saturated carbocycles. The van der Waals surface area contributed by atoms with Crippen molar-refractivity contribution in [3.05, 3.63) is 76.3 Å². The quantitative estimate of drug-likeness (QED) is 0.0235. The van der Waals surface area contributed by atoms with Gasteiger partial charge in [0.2, 0.25) is 11.8 Å². The lowest BCUT2D eigenvalue weighted by atomic mass is 9.94. The summed E-state index contributed by atoms with van der Waals surface area (Å²) in [6.45, 7) is 31.2. The SMILES string of the molecule is CC(C)[Si](C#Cc1c(F)ccc2cc(O[Si](C(C)C)(C(C)C)C(C)C)cc(-c3ncc4c(N5CCC[C@@](C)(O)C5)nc(OC[C@@]56CCCN5[C@H](COC(=O)NCCOCCOc5ccc7c(c5)n(C)c(=O)n7C5CCC(=O)NC5=O)CC6)nc4c3F)c12)(C(C)C)C(C)C. The smallest absolute Gasteiger partial charge is 0.407 e. The number of pyridine rings is 1. The predicted octanol–water partition coefficient (Wildman–Crippen LogP) is 12.4. The molecule has 0 spiro atoms. The van der Waals surface area contributed by atoms with Gasteiger partial charge in [-0.2, -0.15) is 9.97 Å². The largest absolute Gasteiger partial charge is 0.543 e. The molecule has 4 aliphatic rings. The van der Waals surface area contributed by atoms with E-state index in [1.165, 1.54) is 15.2 Å². The van der Waals surface area contributed by atoms with E-state index < -0.39 is 57.2 Å². The minimum Gasteiger partial charge on any atom is -0.543 e. The highest BCUT2D eigenvalue weighted by Crippen LogP contribution is 2.48. The number of imidazole rings is 1. The highest BCUT2D eigenvalue weighted by molar-refractivity contribution is 6.90. The fourth-order valence-corrected chi connectivity index (χ4v) is 26.7. The number of fused-ring (bicyclic) bond motifs is 4. The predicted molar refractivity (Wildman–Crippen MR) is 363 cm³/mol. The number of benzene rings is 3. The van der Waals surface area contributed by atoms with E-state index in [-0.39, 0.29) is 133 Å². The van der Waals surface area contributed by atoms with Crippen molar-refractivity contribution in [1.82, 2.24) is 39.6 Å². The van der Waals surface area contributed by atoms with Crippen molar-refractivity contribution in [2.24, 2.45) is 7.05 Å². The molecule has 4 atom stereocenters. The molecule has 93 heavy (non-hydrogen) atoms. The summed E-state index contributed by atoms with van der Waals surface area (Å²) in [6, 6.07) is 11.2. The van der Waals surface area contributed by atoms with Crippen LogP contribution in [0.15, 0.2) is 53.5 Å². The molecular weight excluding hydrogens is 1220 g/mol. The van der Waals surface area contributed by atoms with Crippen molar-refractivity contribution in [1.29, 1.82) is 0 Å². The van der Waals surface area contributed by atoms with Gasteiger partial charge in [-0.05, 0) is 127 Å². The second-order valence-electron chi connectivity index (χ2n) is 28.4. The van der Waals surface area contributed by atoms with Crippen molar-refractivity contribution < 1.29 is 51.6 Å². The van der Waals surface area contributed by atoms with E-state index in [9.17, 15) is 24.3 Å². The molecule has 4 aliphatic heterocycles. The van der Waals surface area contributed by atoms with E-state index in [0.717, 1.165) is 32.2 Å². The Morgan fingerprint density at radius 3 is 2.24 bits per heavy atom. The van der Waals surface area contributed by atoms with Crippen molar-refractivity contribution in [2.75, 3.05) is 64.1 Å². The Bertz CT molecular complexity index is 3870. The number of nitrogens with one attached hydrogen (secondary N) is 2. The third-order valence-corrected chi connectivity index (χ3v) is 33.0. The first kappa shape index (κ1) is 68.9. The number of aromatic nitrogens is 5. The number of alkyl carbamates (subject to hydrolysis) is 1. The number of amides is 3. The summed E-state index contributed by atoms with van der Waals surface area (Å²) in [7, 11) is -3.36. The van der Waals surface area contributed by atoms with Gasteiger partial charge >= 0.3 is 17.8 Å². The van der Waals surface area contributed by atoms with Gasteiger partial charge in [0.15, 0.2) is 5.82 Å². The molecule has 4 saturated heterocycles.